The van der Waals surface area contributed by atoms with E-state index in [1.165, 1.54) is 5.56 Å². The highest BCUT2D eigenvalue weighted by molar-refractivity contribution is 14.0. The Kier molecular flexibility index (Phi) is 9.94. The van der Waals surface area contributed by atoms with Crippen molar-refractivity contribution in [3.8, 4) is 5.75 Å². The highest BCUT2D eigenvalue weighted by Crippen LogP contribution is 2.16. The molecule has 2 aromatic carbocycles. The van der Waals surface area contributed by atoms with Gasteiger partial charge in [-0.25, -0.2) is 0 Å². The zero-order valence-electron chi connectivity index (χ0n) is 14.7. The molecule has 5 nitrogen and oxygen atoms in total. The zero-order valence-corrected chi connectivity index (χ0v) is 17.0. The second-order valence-electron chi connectivity index (χ2n) is 5.44. The molecule has 0 saturated heterocycles. The van der Waals surface area contributed by atoms with Crippen LogP contribution in [0.5, 0.6) is 5.75 Å². The van der Waals surface area contributed by atoms with E-state index in [-0.39, 0.29) is 24.0 Å². The summed E-state index contributed by atoms with van der Waals surface area (Å²) < 4.78 is 10.4. The predicted octanol–water partition coefficient (Wildman–Crippen LogP) is 3.82. The van der Waals surface area contributed by atoms with Crippen LogP contribution in [0.3, 0.4) is 0 Å². The molecule has 0 aliphatic carbocycles. The van der Waals surface area contributed by atoms with Gasteiger partial charge in [-0.2, -0.15) is 0 Å². The van der Waals surface area contributed by atoms with Gasteiger partial charge in [-0.05, 0) is 36.6 Å². The molecule has 2 aromatic rings. The number of nitrogens with zero attached hydrogens (tertiary/aromatic N) is 1. The van der Waals surface area contributed by atoms with Crippen molar-refractivity contribution in [2.45, 2.75) is 19.4 Å². The summed E-state index contributed by atoms with van der Waals surface area (Å²) >= 11 is 0. The van der Waals surface area contributed by atoms with Crippen molar-refractivity contribution in [3.63, 3.8) is 0 Å². The van der Waals surface area contributed by atoms with Gasteiger partial charge in [0.15, 0.2) is 5.96 Å². The molecule has 0 aliphatic heterocycles. The lowest BCUT2D eigenvalue weighted by molar-refractivity contribution is 0.185. The van der Waals surface area contributed by atoms with Crippen LogP contribution in [0.1, 0.15) is 17.5 Å². The minimum atomic E-state index is 0. The first-order valence-electron chi connectivity index (χ1n) is 7.99. The highest BCUT2D eigenvalue weighted by Gasteiger charge is 2.02. The van der Waals surface area contributed by atoms with Crippen LogP contribution < -0.4 is 15.8 Å². The topological polar surface area (TPSA) is 68.9 Å². The SMILES string of the molecule is COCc1ccccc1NC(N)=NCCCc1cccc(OC)c1.I. The Hall–Kier alpha value is -1.80. The Labute approximate surface area is 166 Å². The maximum atomic E-state index is 5.97. The first kappa shape index (κ1) is 21.2. The quantitative estimate of drug-likeness (QED) is 0.275. The molecule has 3 N–H and O–H groups in total. The molecule has 0 atom stereocenters. The number of aliphatic imine (C=N–C) groups is 1. The molecular weight excluding hydrogens is 429 g/mol. The lowest BCUT2D eigenvalue weighted by Gasteiger charge is -2.10. The molecule has 0 spiro atoms. The minimum Gasteiger partial charge on any atom is -0.497 e. The predicted molar refractivity (Wildman–Crippen MR) is 114 cm³/mol. The third-order valence-corrected chi connectivity index (χ3v) is 3.62. The number of halogens is 1. The third kappa shape index (κ3) is 7.31. The molecule has 0 aliphatic rings. The van der Waals surface area contributed by atoms with Gasteiger partial charge >= 0.3 is 0 Å². The Bertz CT molecular complexity index is 677. The van der Waals surface area contributed by atoms with Crippen molar-refractivity contribution in [1.82, 2.24) is 0 Å². The highest BCUT2D eigenvalue weighted by atomic mass is 127. The van der Waals surface area contributed by atoms with E-state index >= 15 is 0 Å². The summed E-state index contributed by atoms with van der Waals surface area (Å²) in [5.41, 5.74) is 9.19. The number of nitrogens with one attached hydrogen (secondary N) is 1. The maximum Gasteiger partial charge on any atom is 0.193 e. The lowest BCUT2D eigenvalue weighted by atomic mass is 10.1. The van der Waals surface area contributed by atoms with Gasteiger partial charge in [-0.3, -0.25) is 4.99 Å². The van der Waals surface area contributed by atoms with Crippen molar-refractivity contribution in [1.29, 1.82) is 0 Å². The molecule has 2 rings (SSSR count). The molecule has 0 fully saturated rings. The molecule has 25 heavy (non-hydrogen) atoms. The summed E-state index contributed by atoms with van der Waals surface area (Å²) in [4.78, 5) is 4.39. The van der Waals surface area contributed by atoms with Crippen molar-refractivity contribution < 1.29 is 9.47 Å². The van der Waals surface area contributed by atoms with E-state index in [0.717, 1.165) is 29.8 Å². The number of ether oxygens (including phenoxy) is 2. The van der Waals surface area contributed by atoms with Gasteiger partial charge in [-0.1, -0.05) is 30.3 Å². The van der Waals surface area contributed by atoms with Crippen molar-refractivity contribution in [3.05, 3.63) is 59.7 Å². The van der Waals surface area contributed by atoms with Gasteiger partial charge in [0.1, 0.15) is 5.75 Å². The first-order chi connectivity index (χ1) is 11.7. The maximum absolute atomic E-state index is 5.97. The normalized spacial score (nSPS) is 10.9. The van der Waals surface area contributed by atoms with Crippen LogP contribution in [0.15, 0.2) is 53.5 Å². The molecule has 0 bridgehead atoms. The average molecular weight is 455 g/mol. The van der Waals surface area contributed by atoms with Crippen LogP contribution in [0.4, 0.5) is 5.69 Å². The van der Waals surface area contributed by atoms with Gasteiger partial charge in [-0.15, -0.1) is 24.0 Å². The van der Waals surface area contributed by atoms with Gasteiger partial charge in [0.2, 0.25) is 0 Å². The van der Waals surface area contributed by atoms with Gasteiger partial charge in [0.25, 0.3) is 0 Å². The Morgan fingerprint density at radius 2 is 1.92 bits per heavy atom. The first-order valence-corrected chi connectivity index (χ1v) is 7.99. The summed E-state index contributed by atoms with van der Waals surface area (Å²) in [5, 5.41) is 3.14. The van der Waals surface area contributed by atoms with Crippen LogP contribution in [0.25, 0.3) is 0 Å². The van der Waals surface area contributed by atoms with Crippen molar-refractivity contribution in [2.75, 3.05) is 26.1 Å². The largest absolute Gasteiger partial charge is 0.497 e. The van der Waals surface area contributed by atoms with Crippen LogP contribution in [0.2, 0.25) is 0 Å². The van der Waals surface area contributed by atoms with E-state index < -0.39 is 0 Å². The number of aryl methyl sites for hydroxylation is 1. The zero-order chi connectivity index (χ0) is 17.2. The molecule has 6 heteroatoms. The Morgan fingerprint density at radius 1 is 1.12 bits per heavy atom. The van der Waals surface area contributed by atoms with Gasteiger partial charge in [0.05, 0.1) is 13.7 Å². The summed E-state index contributed by atoms with van der Waals surface area (Å²) in [6.45, 7) is 1.20. The minimum absolute atomic E-state index is 0. The average Bonchev–Trinajstić information content (AvgIpc) is 2.61. The number of hydrogen-bond donors (Lipinski definition) is 2. The molecular formula is C19H26IN3O2. The fourth-order valence-corrected chi connectivity index (χ4v) is 2.41. The van der Waals surface area contributed by atoms with E-state index in [1.807, 2.05) is 42.5 Å². The number of para-hydroxylation sites is 1. The summed E-state index contributed by atoms with van der Waals surface area (Å²) in [5.74, 6) is 1.30. The van der Waals surface area contributed by atoms with Crippen LogP contribution in [-0.2, 0) is 17.8 Å². The van der Waals surface area contributed by atoms with E-state index in [1.54, 1.807) is 14.2 Å². The summed E-state index contributed by atoms with van der Waals surface area (Å²) in [7, 11) is 3.35. The lowest BCUT2D eigenvalue weighted by Crippen LogP contribution is -2.23. The number of guanidine groups is 1. The second kappa shape index (κ2) is 11.7. The number of anilines is 1. The van der Waals surface area contributed by atoms with Crippen LogP contribution >= 0.6 is 24.0 Å². The molecule has 0 heterocycles. The van der Waals surface area contributed by atoms with Crippen LogP contribution in [-0.4, -0.2) is 26.7 Å². The monoisotopic (exact) mass is 455 g/mol. The van der Waals surface area contributed by atoms with E-state index in [9.17, 15) is 0 Å². The van der Waals surface area contributed by atoms with E-state index in [4.69, 9.17) is 15.2 Å². The molecule has 0 unspecified atom stereocenters. The molecule has 136 valence electrons. The number of nitrogens with two attached hydrogens (primary N) is 1. The van der Waals surface area contributed by atoms with Gasteiger partial charge < -0.3 is 20.5 Å². The smallest absolute Gasteiger partial charge is 0.193 e. The van der Waals surface area contributed by atoms with Crippen LogP contribution in [0, 0.1) is 0 Å². The number of rotatable bonds is 8. The molecule has 0 amide bonds. The van der Waals surface area contributed by atoms with Crippen molar-refractivity contribution in [2.24, 2.45) is 10.7 Å². The molecule has 0 radical (unpaired) electrons. The standard InChI is InChI=1S/C19H25N3O2.HI/c1-23-14-16-9-3-4-11-18(16)22-19(20)21-12-6-8-15-7-5-10-17(13-15)24-2;/h3-5,7,9-11,13H,6,8,12,14H2,1-2H3,(H3,20,21,22);1H. The number of methoxy groups -OCH3 is 2. The van der Waals surface area contributed by atoms with E-state index in [2.05, 4.69) is 16.4 Å². The second-order valence-corrected chi connectivity index (χ2v) is 5.44. The summed E-state index contributed by atoms with van der Waals surface area (Å²) in [6, 6.07) is 16.0. The fraction of sp³-hybridized carbons (Fsp3) is 0.316. The van der Waals surface area contributed by atoms with E-state index in [0.29, 0.717) is 19.1 Å². The molecule has 0 saturated carbocycles. The number of benzene rings is 2. The fourth-order valence-electron chi connectivity index (χ4n) is 2.41. The summed E-state index contributed by atoms with van der Waals surface area (Å²) in [6.07, 6.45) is 1.86. The third-order valence-electron chi connectivity index (χ3n) is 3.62. The Morgan fingerprint density at radius 3 is 2.68 bits per heavy atom. The molecule has 0 aromatic heterocycles. The van der Waals surface area contributed by atoms with Gasteiger partial charge in [0, 0.05) is 24.9 Å². The van der Waals surface area contributed by atoms with Crippen molar-refractivity contribution >= 4 is 35.6 Å². The Balaban J connectivity index is 0.00000312. The number of hydrogen-bond acceptors (Lipinski definition) is 3.